The molecule has 19 heavy (non-hydrogen) atoms. The lowest BCUT2D eigenvalue weighted by Gasteiger charge is -2.09. The van der Waals surface area contributed by atoms with Crippen LogP contribution in [0, 0.1) is 18.6 Å². The number of halogens is 2. The molecule has 0 fully saturated rings. The second-order valence-corrected chi connectivity index (χ2v) is 4.06. The monoisotopic (exact) mass is 263 g/mol. The van der Waals surface area contributed by atoms with Gasteiger partial charge in [0, 0.05) is 5.56 Å². The lowest BCUT2D eigenvalue weighted by Crippen LogP contribution is -2.14. The van der Waals surface area contributed by atoms with E-state index in [1.165, 1.54) is 37.3 Å². The zero-order valence-corrected chi connectivity index (χ0v) is 10.1. The normalized spacial score (nSPS) is 10.3. The molecule has 0 saturated carbocycles. The first-order valence-corrected chi connectivity index (χ1v) is 5.54. The molecule has 2 aromatic rings. The summed E-state index contributed by atoms with van der Waals surface area (Å²) in [6.45, 7) is 1.47. The van der Waals surface area contributed by atoms with Gasteiger partial charge in [0.1, 0.15) is 17.3 Å². The van der Waals surface area contributed by atoms with Gasteiger partial charge in [-0.3, -0.25) is 4.79 Å². The summed E-state index contributed by atoms with van der Waals surface area (Å²) in [4.78, 5) is 11.8. The lowest BCUT2D eigenvalue weighted by atomic mass is 10.1. The van der Waals surface area contributed by atoms with Gasteiger partial charge in [0.05, 0.1) is 0 Å². The summed E-state index contributed by atoms with van der Waals surface area (Å²) in [6, 6.07) is 7.87. The Labute approximate surface area is 108 Å². The van der Waals surface area contributed by atoms with Crippen LogP contribution in [0.2, 0.25) is 0 Å². The van der Waals surface area contributed by atoms with Crippen molar-refractivity contribution in [2.45, 2.75) is 6.92 Å². The zero-order chi connectivity index (χ0) is 14.0. The fourth-order valence-electron chi connectivity index (χ4n) is 1.60. The maximum absolute atomic E-state index is 13.7. The minimum Gasteiger partial charge on any atom is -0.508 e. The Kier molecular flexibility index (Phi) is 3.46. The number of carbonyl (C=O) groups is 1. The van der Waals surface area contributed by atoms with Crippen LogP contribution in [-0.2, 0) is 0 Å². The Morgan fingerprint density at radius 1 is 1.21 bits per heavy atom. The van der Waals surface area contributed by atoms with Crippen molar-refractivity contribution in [2.75, 3.05) is 5.32 Å². The Bertz CT molecular complexity index is 641. The Hall–Kier alpha value is -2.43. The van der Waals surface area contributed by atoms with E-state index in [0.29, 0.717) is 0 Å². The number of hydrogen-bond acceptors (Lipinski definition) is 2. The minimum absolute atomic E-state index is 0.0992. The maximum Gasteiger partial charge on any atom is 0.255 e. The van der Waals surface area contributed by atoms with E-state index in [0.717, 1.165) is 6.07 Å². The Balaban J connectivity index is 2.32. The molecule has 0 heterocycles. The molecule has 0 aliphatic rings. The highest BCUT2D eigenvalue weighted by Crippen LogP contribution is 2.22. The fourth-order valence-corrected chi connectivity index (χ4v) is 1.60. The highest BCUT2D eigenvalue weighted by molar-refractivity contribution is 6.04. The topological polar surface area (TPSA) is 49.3 Å². The minimum atomic E-state index is -0.850. The molecule has 0 aliphatic carbocycles. The third-order valence-corrected chi connectivity index (χ3v) is 2.63. The van der Waals surface area contributed by atoms with Crippen LogP contribution in [0.1, 0.15) is 15.9 Å². The number of amides is 1. The first-order chi connectivity index (χ1) is 8.99. The molecule has 0 radical (unpaired) electrons. The molecule has 5 heteroatoms. The average molecular weight is 263 g/mol. The molecule has 2 rings (SSSR count). The summed E-state index contributed by atoms with van der Waals surface area (Å²) >= 11 is 0. The number of phenolic OH excluding ortho intramolecular Hbond substituents is 1. The maximum atomic E-state index is 13.7. The standard InChI is InChI=1S/C14H11F2NO2/c1-8-5-6-11(15)13(12(8)16)17-14(19)9-3-2-4-10(18)7-9/h2-7,18H,1H3,(H,17,19). The van der Waals surface area contributed by atoms with Crippen LogP contribution in [0.3, 0.4) is 0 Å². The fraction of sp³-hybridized carbons (Fsp3) is 0.0714. The number of aryl methyl sites for hydroxylation is 1. The largest absolute Gasteiger partial charge is 0.508 e. The number of hydrogen-bond donors (Lipinski definition) is 2. The number of aromatic hydroxyl groups is 1. The second kappa shape index (κ2) is 5.06. The lowest BCUT2D eigenvalue weighted by molar-refractivity contribution is 0.102. The van der Waals surface area contributed by atoms with Gasteiger partial charge in [-0.25, -0.2) is 8.78 Å². The van der Waals surface area contributed by atoms with Gasteiger partial charge in [0.25, 0.3) is 5.91 Å². The molecule has 3 nitrogen and oxygen atoms in total. The van der Waals surface area contributed by atoms with Crippen LogP contribution in [-0.4, -0.2) is 11.0 Å². The molecule has 0 aromatic heterocycles. The number of phenols is 1. The van der Waals surface area contributed by atoms with Gasteiger partial charge in [0.2, 0.25) is 0 Å². The molecule has 0 saturated heterocycles. The van der Waals surface area contributed by atoms with Crippen LogP contribution in [0.4, 0.5) is 14.5 Å². The first kappa shape index (κ1) is 13.0. The van der Waals surface area contributed by atoms with Crippen molar-refractivity contribution < 1.29 is 18.7 Å². The van der Waals surface area contributed by atoms with Crippen molar-refractivity contribution in [3.8, 4) is 5.75 Å². The number of benzene rings is 2. The molecule has 0 spiro atoms. The predicted octanol–water partition coefficient (Wildman–Crippen LogP) is 3.23. The molecule has 0 atom stereocenters. The first-order valence-electron chi connectivity index (χ1n) is 5.54. The van der Waals surface area contributed by atoms with Crippen molar-refractivity contribution in [2.24, 2.45) is 0 Å². The van der Waals surface area contributed by atoms with Crippen molar-refractivity contribution >= 4 is 11.6 Å². The zero-order valence-electron chi connectivity index (χ0n) is 10.1. The summed E-state index contributed by atoms with van der Waals surface area (Å²) in [6.07, 6.45) is 0. The van der Waals surface area contributed by atoms with Gasteiger partial charge in [-0.2, -0.15) is 0 Å². The van der Waals surface area contributed by atoms with E-state index in [2.05, 4.69) is 5.32 Å². The molecule has 0 bridgehead atoms. The van der Waals surface area contributed by atoms with E-state index >= 15 is 0 Å². The third kappa shape index (κ3) is 2.70. The number of carbonyl (C=O) groups excluding carboxylic acids is 1. The van der Waals surface area contributed by atoms with Gasteiger partial charge in [-0.1, -0.05) is 12.1 Å². The van der Waals surface area contributed by atoms with E-state index in [9.17, 15) is 18.7 Å². The SMILES string of the molecule is Cc1ccc(F)c(NC(=O)c2cccc(O)c2)c1F. The molecule has 0 unspecified atom stereocenters. The molecule has 2 aromatic carbocycles. The van der Waals surface area contributed by atoms with Crippen LogP contribution >= 0.6 is 0 Å². The second-order valence-electron chi connectivity index (χ2n) is 4.06. The van der Waals surface area contributed by atoms with Crippen molar-refractivity contribution in [3.63, 3.8) is 0 Å². The molecule has 1 amide bonds. The van der Waals surface area contributed by atoms with Crippen LogP contribution in [0.5, 0.6) is 5.75 Å². The molecule has 0 aliphatic heterocycles. The van der Waals surface area contributed by atoms with Crippen molar-refractivity contribution in [1.29, 1.82) is 0 Å². The quantitative estimate of drug-likeness (QED) is 0.873. The van der Waals surface area contributed by atoms with Gasteiger partial charge >= 0.3 is 0 Å². The van der Waals surface area contributed by atoms with Crippen LogP contribution in [0.25, 0.3) is 0 Å². The molecular formula is C14H11F2NO2. The summed E-state index contributed by atoms with van der Waals surface area (Å²) in [5, 5.41) is 11.4. The molecule has 98 valence electrons. The van der Waals surface area contributed by atoms with Crippen LogP contribution < -0.4 is 5.32 Å². The Morgan fingerprint density at radius 3 is 2.63 bits per heavy atom. The van der Waals surface area contributed by atoms with Crippen LogP contribution in [0.15, 0.2) is 36.4 Å². The van der Waals surface area contributed by atoms with E-state index in [1.807, 2.05) is 0 Å². The molecule has 2 N–H and O–H groups in total. The van der Waals surface area contributed by atoms with E-state index < -0.39 is 23.2 Å². The summed E-state index contributed by atoms with van der Waals surface area (Å²) in [5.41, 5.74) is -0.152. The summed E-state index contributed by atoms with van der Waals surface area (Å²) in [7, 11) is 0. The average Bonchev–Trinajstić information content (AvgIpc) is 2.39. The number of anilines is 1. The van der Waals surface area contributed by atoms with Crippen molar-refractivity contribution in [1.82, 2.24) is 0 Å². The number of nitrogens with one attached hydrogen (secondary N) is 1. The van der Waals surface area contributed by atoms with Gasteiger partial charge in [-0.15, -0.1) is 0 Å². The van der Waals surface area contributed by atoms with Gasteiger partial charge in [0.15, 0.2) is 5.82 Å². The van der Waals surface area contributed by atoms with Gasteiger partial charge < -0.3 is 10.4 Å². The third-order valence-electron chi connectivity index (χ3n) is 2.63. The van der Waals surface area contributed by atoms with E-state index in [-0.39, 0.29) is 16.9 Å². The summed E-state index contributed by atoms with van der Waals surface area (Å²) in [5.74, 6) is -2.46. The predicted molar refractivity (Wildman–Crippen MR) is 67.2 cm³/mol. The Morgan fingerprint density at radius 2 is 1.95 bits per heavy atom. The summed E-state index contributed by atoms with van der Waals surface area (Å²) < 4.78 is 27.2. The highest BCUT2D eigenvalue weighted by Gasteiger charge is 2.15. The number of rotatable bonds is 2. The van der Waals surface area contributed by atoms with E-state index in [4.69, 9.17) is 0 Å². The highest BCUT2D eigenvalue weighted by atomic mass is 19.1. The van der Waals surface area contributed by atoms with Gasteiger partial charge in [-0.05, 0) is 36.8 Å². The molecular weight excluding hydrogens is 252 g/mol. The smallest absolute Gasteiger partial charge is 0.255 e. The van der Waals surface area contributed by atoms with E-state index in [1.54, 1.807) is 0 Å². The van der Waals surface area contributed by atoms with Crippen molar-refractivity contribution in [3.05, 3.63) is 59.2 Å².